The van der Waals surface area contributed by atoms with Crippen LogP contribution in [0.25, 0.3) is 11.1 Å². The number of morpholine rings is 1. The lowest BCUT2D eigenvalue weighted by molar-refractivity contribution is -0.943. The summed E-state index contributed by atoms with van der Waals surface area (Å²) in [4.78, 5) is 26.3. The molecule has 46 heavy (non-hydrogen) atoms. The van der Waals surface area contributed by atoms with E-state index in [0.29, 0.717) is 46.6 Å². The van der Waals surface area contributed by atoms with Gasteiger partial charge in [-0.25, -0.2) is 4.79 Å². The molecule has 0 saturated carbocycles. The minimum absolute atomic E-state index is 0.0924. The third kappa shape index (κ3) is 6.22. The van der Waals surface area contributed by atoms with Crippen molar-refractivity contribution in [3.8, 4) is 16.9 Å². The van der Waals surface area contributed by atoms with Crippen molar-refractivity contribution < 1.29 is 33.4 Å². The molecule has 3 aromatic rings. The number of rotatable bonds is 10. The van der Waals surface area contributed by atoms with Crippen LogP contribution < -0.4 is 15.4 Å². The number of epoxide rings is 1. The molecule has 3 aliphatic rings. The zero-order chi connectivity index (χ0) is 32.8. The first-order chi connectivity index (χ1) is 21.9. The molecule has 3 N–H and O–H groups in total. The number of fused-ring (bicyclic) bond motifs is 5. The number of nitrogens with one attached hydrogen (secondary N) is 2. The number of piperidine rings is 1. The molecular weight excluding hydrogens is 721 g/mol. The van der Waals surface area contributed by atoms with Gasteiger partial charge in [0.2, 0.25) is 5.91 Å². The number of amides is 2. The molecule has 2 bridgehead atoms. The number of methoxy groups -OCH3 is 1. The molecule has 0 aromatic heterocycles. The Morgan fingerprint density at radius 2 is 1.89 bits per heavy atom. The molecule has 6 atom stereocenters. The fourth-order valence-corrected chi connectivity index (χ4v) is 8.62. The van der Waals surface area contributed by atoms with Crippen LogP contribution in [0.4, 0.5) is 16.2 Å². The van der Waals surface area contributed by atoms with Crippen molar-refractivity contribution in [2.75, 3.05) is 31.8 Å². The highest BCUT2D eigenvalue weighted by Crippen LogP contribution is 2.61. The topological polar surface area (TPSA) is 109 Å². The van der Waals surface area contributed by atoms with Gasteiger partial charge < -0.3 is 29.1 Å². The Hall–Kier alpha value is -2.90. The van der Waals surface area contributed by atoms with Gasteiger partial charge in [-0.3, -0.25) is 10.1 Å². The van der Waals surface area contributed by atoms with E-state index in [-0.39, 0.29) is 40.3 Å². The number of carbonyl (C=O) groups is 2. The molecule has 244 valence electrons. The quantitative estimate of drug-likeness (QED) is 0.0692. The molecule has 3 saturated heterocycles. The van der Waals surface area contributed by atoms with Crippen LogP contribution in [-0.4, -0.2) is 70.7 Å². The van der Waals surface area contributed by atoms with Crippen LogP contribution in [-0.2, 0) is 27.3 Å². The molecule has 0 aliphatic carbocycles. The highest BCUT2D eigenvalue weighted by Gasteiger charge is 2.78. The van der Waals surface area contributed by atoms with Gasteiger partial charge in [0.25, 0.3) is 0 Å². The van der Waals surface area contributed by atoms with Gasteiger partial charge in [0.15, 0.2) is 9.65 Å². The Bertz CT molecular complexity index is 1640. The summed E-state index contributed by atoms with van der Waals surface area (Å²) in [7, 11) is 6.02. The number of aliphatic hydroxyl groups excluding tert-OH is 1. The van der Waals surface area contributed by atoms with Crippen LogP contribution in [0.2, 0.25) is 5.02 Å². The molecule has 0 radical (unpaired) electrons. The maximum absolute atomic E-state index is 13.2. The van der Waals surface area contributed by atoms with Crippen LogP contribution in [0.15, 0.2) is 60.7 Å². The third-order valence-corrected chi connectivity index (χ3v) is 12.5. The fourth-order valence-electron chi connectivity index (χ4n) is 7.03. The average molecular weight is 761 g/mol. The number of alkyl halides is 1. The molecule has 3 heterocycles. The number of ether oxygens (including phenoxy) is 3. The van der Waals surface area contributed by atoms with E-state index in [4.69, 9.17) is 25.8 Å². The molecular formula is C35H40ClIN3O6+. The summed E-state index contributed by atoms with van der Waals surface area (Å²) in [6, 6.07) is 19.4. The van der Waals surface area contributed by atoms with Gasteiger partial charge in [0.05, 0.1) is 50.6 Å². The number of benzene rings is 3. The molecule has 1 unspecified atom stereocenters. The SMILES string of the molecule is COc1cc(NC(=O)C(C)CCc2ccc(NC(=O)O[C@H]3C[C@H]4[C@@H]5O[C@H]5[C@](I)(C3)[N+]4(C)C)c(-c3ccccc3)c2)c(Cl)cc1CO. The zero-order valence-corrected chi connectivity index (χ0v) is 29.3. The van der Waals surface area contributed by atoms with Crippen molar-refractivity contribution in [3.63, 3.8) is 0 Å². The van der Waals surface area contributed by atoms with E-state index in [9.17, 15) is 14.7 Å². The van der Waals surface area contributed by atoms with Crippen molar-refractivity contribution in [1.82, 2.24) is 0 Å². The third-order valence-electron chi connectivity index (χ3n) is 9.94. The molecule has 9 nitrogen and oxygen atoms in total. The van der Waals surface area contributed by atoms with E-state index in [1.54, 1.807) is 12.1 Å². The first-order valence-corrected chi connectivity index (χ1v) is 17.0. The van der Waals surface area contributed by atoms with Gasteiger partial charge in [-0.05, 0) is 64.8 Å². The minimum atomic E-state index is -0.455. The first-order valence-electron chi connectivity index (χ1n) is 15.6. The van der Waals surface area contributed by atoms with Crippen LogP contribution >= 0.6 is 34.2 Å². The van der Waals surface area contributed by atoms with E-state index >= 15 is 0 Å². The molecule has 0 spiro atoms. The average Bonchev–Trinajstić information content (AvgIpc) is 3.83. The van der Waals surface area contributed by atoms with E-state index in [1.165, 1.54) is 7.11 Å². The van der Waals surface area contributed by atoms with Crippen molar-refractivity contribution >= 4 is 57.6 Å². The maximum Gasteiger partial charge on any atom is 0.411 e. The molecule has 3 fully saturated rings. The van der Waals surface area contributed by atoms with Gasteiger partial charge >= 0.3 is 6.09 Å². The van der Waals surface area contributed by atoms with Gasteiger partial charge in [0.1, 0.15) is 24.0 Å². The summed E-state index contributed by atoms with van der Waals surface area (Å²) in [6.07, 6.45) is 2.67. The van der Waals surface area contributed by atoms with Crippen molar-refractivity contribution in [2.45, 2.75) is 67.1 Å². The lowest BCUT2D eigenvalue weighted by Crippen LogP contribution is -2.65. The van der Waals surface area contributed by atoms with E-state index in [1.807, 2.05) is 49.4 Å². The largest absolute Gasteiger partial charge is 0.496 e. The van der Waals surface area contributed by atoms with Crippen LogP contribution in [0, 0.1) is 5.92 Å². The predicted octanol–water partition coefficient (Wildman–Crippen LogP) is 6.78. The van der Waals surface area contributed by atoms with Gasteiger partial charge in [-0.1, -0.05) is 54.9 Å². The van der Waals surface area contributed by atoms with Crippen LogP contribution in [0.1, 0.15) is 37.3 Å². The van der Waals surface area contributed by atoms with Crippen LogP contribution in [0.5, 0.6) is 5.75 Å². The van der Waals surface area contributed by atoms with E-state index in [2.05, 4.69) is 53.4 Å². The fraction of sp³-hybridized carbons (Fsp3) is 0.429. The Morgan fingerprint density at radius 3 is 2.59 bits per heavy atom. The number of aryl methyl sites for hydroxylation is 1. The monoisotopic (exact) mass is 760 g/mol. The molecule has 11 heteroatoms. The summed E-state index contributed by atoms with van der Waals surface area (Å²) >= 11 is 8.88. The number of halogens is 2. The smallest absolute Gasteiger partial charge is 0.411 e. The lowest BCUT2D eigenvalue weighted by Gasteiger charge is -2.50. The van der Waals surface area contributed by atoms with Crippen molar-refractivity contribution in [2.24, 2.45) is 5.92 Å². The molecule has 2 amide bonds. The Morgan fingerprint density at radius 1 is 1.13 bits per heavy atom. The number of aliphatic hydroxyl groups is 1. The number of anilines is 2. The second-order valence-corrected chi connectivity index (χ2v) is 15.3. The molecule has 3 aliphatic heterocycles. The summed E-state index contributed by atoms with van der Waals surface area (Å²) in [5, 5.41) is 15.8. The number of likely N-dealkylation sites (N-methyl/N-ethyl adjacent to an activating group) is 1. The predicted molar refractivity (Wildman–Crippen MR) is 186 cm³/mol. The lowest BCUT2D eigenvalue weighted by atomic mass is 9.96. The number of quaternary nitrogens is 1. The highest BCUT2D eigenvalue weighted by atomic mass is 127. The molecule has 3 aromatic carbocycles. The Balaban J connectivity index is 1.11. The molecule has 6 rings (SSSR count). The number of hydrogen-bond donors (Lipinski definition) is 3. The minimum Gasteiger partial charge on any atom is -0.496 e. The van der Waals surface area contributed by atoms with E-state index in [0.717, 1.165) is 34.0 Å². The number of hydrogen-bond acceptors (Lipinski definition) is 6. The number of nitrogens with zero attached hydrogens (tertiary/aromatic N) is 1. The zero-order valence-electron chi connectivity index (χ0n) is 26.4. The van der Waals surface area contributed by atoms with Crippen LogP contribution in [0.3, 0.4) is 0 Å². The summed E-state index contributed by atoms with van der Waals surface area (Å²) in [5.41, 5.74) is 4.55. The maximum atomic E-state index is 13.2. The summed E-state index contributed by atoms with van der Waals surface area (Å²) in [6.45, 7) is 1.65. The second kappa shape index (κ2) is 13.0. The summed E-state index contributed by atoms with van der Waals surface area (Å²) < 4.78 is 18.1. The first kappa shape index (κ1) is 33.0. The van der Waals surface area contributed by atoms with E-state index < -0.39 is 6.09 Å². The Labute approximate surface area is 288 Å². The highest BCUT2D eigenvalue weighted by molar-refractivity contribution is 14.1. The van der Waals surface area contributed by atoms with Gasteiger partial charge in [-0.2, -0.15) is 0 Å². The summed E-state index contributed by atoms with van der Waals surface area (Å²) in [5.74, 6) is -0.0186. The van der Waals surface area contributed by atoms with Crippen molar-refractivity contribution in [1.29, 1.82) is 0 Å². The van der Waals surface area contributed by atoms with Gasteiger partial charge in [-0.15, -0.1) is 0 Å². The van der Waals surface area contributed by atoms with Gasteiger partial charge in [0, 0.05) is 29.5 Å². The van der Waals surface area contributed by atoms with Crippen molar-refractivity contribution in [3.05, 3.63) is 76.8 Å². The standard InChI is InChI=1S/C35H39ClIN3O6/c1-20(33(42)38-28-17-30(44-4)23(19-41)15-26(28)36)10-11-21-12-13-27(25(14-21)22-8-6-5-7-9-22)39-34(43)45-24-16-29-31-32(46-31)35(37,18-24)40(29,2)3/h5-9,12-15,17,20,24,29,31-32,41H,10-11,16,18-19H2,1-4H3,(H-,38,39,42,43)/p+1/t20?,24-,29-,31-,32+,35-/m0/s1. The second-order valence-electron chi connectivity index (χ2n) is 13.0. The normalized spacial score (nSPS) is 26.1. The Kier molecular flexibility index (Phi) is 9.30. The number of carbonyl (C=O) groups excluding carboxylic acids is 2.